The maximum atomic E-state index is 13.6. The molecule has 1 fully saturated rings. The second-order valence-electron chi connectivity index (χ2n) is 5.92. The van der Waals surface area contributed by atoms with Crippen LogP contribution >= 0.6 is 0 Å². The molecular formula is C16H19FN2O5. The van der Waals surface area contributed by atoms with Crippen LogP contribution in [0.5, 0.6) is 5.75 Å². The van der Waals surface area contributed by atoms with Crippen LogP contribution in [-0.2, 0) is 22.6 Å². The Morgan fingerprint density at radius 2 is 2.25 bits per heavy atom. The first-order chi connectivity index (χ1) is 11.5. The van der Waals surface area contributed by atoms with Crippen molar-refractivity contribution < 1.29 is 28.6 Å². The molecule has 1 unspecified atom stereocenters. The number of carboxylic acids is 1. The molecule has 0 saturated carbocycles. The van der Waals surface area contributed by atoms with Crippen LogP contribution in [0.2, 0.25) is 0 Å². The van der Waals surface area contributed by atoms with Crippen molar-refractivity contribution in [2.24, 2.45) is 5.92 Å². The maximum absolute atomic E-state index is 13.6. The fourth-order valence-electron chi connectivity index (χ4n) is 3.00. The number of nitrogens with zero attached hydrogens (tertiary/aromatic N) is 1. The van der Waals surface area contributed by atoms with Crippen molar-refractivity contribution in [2.45, 2.75) is 19.4 Å². The summed E-state index contributed by atoms with van der Waals surface area (Å²) in [5.41, 5.74) is 1.34. The van der Waals surface area contributed by atoms with Gasteiger partial charge < -0.3 is 24.8 Å². The molecule has 0 aromatic heterocycles. The fourth-order valence-corrected chi connectivity index (χ4v) is 3.00. The molecule has 24 heavy (non-hydrogen) atoms. The molecule has 1 atom stereocenters. The van der Waals surface area contributed by atoms with E-state index >= 15 is 0 Å². The summed E-state index contributed by atoms with van der Waals surface area (Å²) in [6.45, 7) is 1.39. The van der Waals surface area contributed by atoms with Crippen LogP contribution in [0.4, 0.5) is 9.18 Å². The van der Waals surface area contributed by atoms with E-state index < -0.39 is 11.9 Å². The van der Waals surface area contributed by atoms with Gasteiger partial charge in [-0.3, -0.25) is 4.79 Å². The van der Waals surface area contributed by atoms with Gasteiger partial charge in [-0.15, -0.1) is 0 Å². The number of halogens is 1. The average molecular weight is 338 g/mol. The normalized spacial score (nSPS) is 19.5. The van der Waals surface area contributed by atoms with E-state index in [1.165, 1.54) is 17.0 Å². The second kappa shape index (κ2) is 7.04. The Balaban J connectivity index is 1.54. The summed E-state index contributed by atoms with van der Waals surface area (Å²) in [7, 11) is 0. The Morgan fingerprint density at radius 1 is 1.42 bits per heavy atom. The number of ether oxygens (including phenoxy) is 2. The SMILES string of the molecule is O=C(O)C1CCN(C(=O)NCCc2cc(F)cc3c2OCOC3)C1. The zero-order chi connectivity index (χ0) is 17.1. The van der Waals surface area contributed by atoms with Crippen molar-refractivity contribution in [1.29, 1.82) is 0 Å². The number of carboxylic acid groups (broad SMARTS) is 1. The first kappa shape index (κ1) is 16.5. The molecule has 1 aromatic carbocycles. The molecular weight excluding hydrogens is 319 g/mol. The summed E-state index contributed by atoms with van der Waals surface area (Å²) in [5, 5.41) is 11.7. The number of hydrogen-bond acceptors (Lipinski definition) is 4. The lowest BCUT2D eigenvalue weighted by Gasteiger charge is -2.21. The maximum Gasteiger partial charge on any atom is 0.317 e. The zero-order valence-corrected chi connectivity index (χ0v) is 13.1. The fraction of sp³-hybridized carbons (Fsp3) is 0.500. The van der Waals surface area contributed by atoms with Gasteiger partial charge in [-0.2, -0.15) is 0 Å². The Morgan fingerprint density at radius 3 is 3.00 bits per heavy atom. The summed E-state index contributed by atoms with van der Waals surface area (Å²) in [5.74, 6) is -1.13. The highest BCUT2D eigenvalue weighted by Gasteiger charge is 2.30. The van der Waals surface area contributed by atoms with Crippen LogP contribution in [0.25, 0.3) is 0 Å². The van der Waals surface area contributed by atoms with Gasteiger partial charge >= 0.3 is 12.0 Å². The minimum absolute atomic E-state index is 0.127. The quantitative estimate of drug-likeness (QED) is 0.865. The predicted molar refractivity (Wildman–Crippen MR) is 81.1 cm³/mol. The van der Waals surface area contributed by atoms with Crippen LogP contribution in [0.1, 0.15) is 17.5 Å². The number of nitrogens with one attached hydrogen (secondary N) is 1. The number of carbonyl (C=O) groups excluding carboxylic acids is 1. The first-order valence-electron chi connectivity index (χ1n) is 7.82. The Kier molecular flexibility index (Phi) is 4.84. The Hall–Kier alpha value is -2.35. The first-order valence-corrected chi connectivity index (χ1v) is 7.82. The average Bonchev–Trinajstić information content (AvgIpc) is 3.05. The third-order valence-electron chi connectivity index (χ3n) is 4.25. The van der Waals surface area contributed by atoms with Gasteiger partial charge in [0.05, 0.1) is 12.5 Å². The van der Waals surface area contributed by atoms with E-state index in [4.69, 9.17) is 14.6 Å². The molecule has 2 amide bonds. The summed E-state index contributed by atoms with van der Waals surface area (Å²) >= 11 is 0. The number of rotatable bonds is 4. The lowest BCUT2D eigenvalue weighted by molar-refractivity contribution is -0.141. The summed E-state index contributed by atoms with van der Waals surface area (Å²) in [4.78, 5) is 24.5. The molecule has 8 heteroatoms. The topological polar surface area (TPSA) is 88.1 Å². The van der Waals surface area contributed by atoms with E-state index in [0.717, 1.165) is 0 Å². The summed E-state index contributed by atoms with van der Waals surface area (Å²) in [6.07, 6.45) is 0.885. The highest BCUT2D eigenvalue weighted by molar-refractivity contribution is 5.77. The number of carbonyl (C=O) groups is 2. The lowest BCUT2D eigenvalue weighted by Crippen LogP contribution is -2.39. The van der Waals surface area contributed by atoms with Gasteiger partial charge in [-0.25, -0.2) is 9.18 Å². The molecule has 2 aliphatic heterocycles. The Bertz CT molecular complexity index is 652. The minimum atomic E-state index is -0.879. The third-order valence-corrected chi connectivity index (χ3v) is 4.25. The molecule has 1 aromatic rings. The van der Waals surface area contributed by atoms with E-state index in [2.05, 4.69) is 5.32 Å². The van der Waals surface area contributed by atoms with Gasteiger partial charge in [0.2, 0.25) is 0 Å². The van der Waals surface area contributed by atoms with Crippen molar-refractivity contribution in [3.8, 4) is 5.75 Å². The van der Waals surface area contributed by atoms with Crippen molar-refractivity contribution in [2.75, 3.05) is 26.4 Å². The molecule has 2 heterocycles. The van der Waals surface area contributed by atoms with Crippen molar-refractivity contribution >= 4 is 12.0 Å². The van der Waals surface area contributed by atoms with Gasteiger partial charge in [-0.05, 0) is 30.5 Å². The van der Waals surface area contributed by atoms with Crippen molar-refractivity contribution in [3.63, 3.8) is 0 Å². The standard InChI is InChI=1S/C16H19FN2O5/c17-13-5-10(14-12(6-13)8-23-9-24-14)1-3-18-16(22)19-4-2-11(7-19)15(20)21/h5-6,11H,1-4,7-9H2,(H,18,22)(H,20,21). The molecule has 7 nitrogen and oxygen atoms in total. The summed E-state index contributed by atoms with van der Waals surface area (Å²) < 4.78 is 24.2. The molecule has 1 saturated heterocycles. The van der Waals surface area contributed by atoms with Gasteiger partial charge in [0.1, 0.15) is 11.6 Å². The number of amides is 2. The van der Waals surface area contributed by atoms with Crippen LogP contribution in [0.3, 0.4) is 0 Å². The molecule has 2 aliphatic rings. The van der Waals surface area contributed by atoms with Gasteiger partial charge in [-0.1, -0.05) is 0 Å². The second-order valence-corrected chi connectivity index (χ2v) is 5.92. The largest absolute Gasteiger partial charge is 0.481 e. The van der Waals surface area contributed by atoms with Crippen molar-refractivity contribution in [3.05, 3.63) is 29.1 Å². The van der Waals surface area contributed by atoms with E-state index in [0.29, 0.717) is 49.4 Å². The van der Waals surface area contributed by atoms with E-state index in [9.17, 15) is 14.0 Å². The Labute approximate surface area is 138 Å². The molecule has 3 rings (SSSR count). The number of urea groups is 1. The highest BCUT2D eigenvalue weighted by atomic mass is 19.1. The predicted octanol–water partition coefficient (Wildman–Crippen LogP) is 1.35. The van der Waals surface area contributed by atoms with Gasteiger partial charge in [0.25, 0.3) is 0 Å². The molecule has 2 N–H and O–H groups in total. The van der Waals surface area contributed by atoms with Crippen molar-refractivity contribution in [1.82, 2.24) is 10.2 Å². The molecule has 0 radical (unpaired) electrons. The van der Waals surface area contributed by atoms with E-state index in [1.54, 1.807) is 0 Å². The molecule has 0 bridgehead atoms. The minimum Gasteiger partial charge on any atom is -0.481 e. The molecule has 0 aliphatic carbocycles. The number of likely N-dealkylation sites (tertiary alicyclic amines) is 1. The highest BCUT2D eigenvalue weighted by Crippen LogP contribution is 2.29. The third kappa shape index (κ3) is 3.59. The molecule has 0 spiro atoms. The van der Waals surface area contributed by atoms with Crippen LogP contribution in [0, 0.1) is 11.7 Å². The monoisotopic (exact) mass is 338 g/mol. The zero-order valence-electron chi connectivity index (χ0n) is 13.1. The smallest absolute Gasteiger partial charge is 0.317 e. The number of benzene rings is 1. The van der Waals surface area contributed by atoms with Gasteiger partial charge in [0, 0.05) is 25.2 Å². The molecule has 130 valence electrons. The number of hydrogen-bond donors (Lipinski definition) is 2. The summed E-state index contributed by atoms with van der Waals surface area (Å²) in [6, 6.07) is 2.48. The number of aliphatic carboxylic acids is 1. The van der Waals surface area contributed by atoms with Crippen LogP contribution in [-0.4, -0.2) is 48.4 Å². The lowest BCUT2D eigenvalue weighted by atomic mass is 10.1. The van der Waals surface area contributed by atoms with E-state index in [-0.39, 0.29) is 25.2 Å². The van der Waals surface area contributed by atoms with Crippen LogP contribution in [0.15, 0.2) is 12.1 Å². The van der Waals surface area contributed by atoms with Gasteiger partial charge in [0.15, 0.2) is 6.79 Å². The van der Waals surface area contributed by atoms with Crippen LogP contribution < -0.4 is 10.1 Å². The number of fused-ring (bicyclic) bond motifs is 1. The van der Waals surface area contributed by atoms with E-state index in [1.807, 2.05) is 0 Å².